The van der Waals surface area contributed by atoms with Crippen LogP contribution in [0.25, 0.3) is 0 Å². The number of rotatable bonds is 3. The van der Waals surface area contributed by atoms with Gasteiger partial charge in [0.2, 0.25) is 0 Å². The predicted molar refractivity (Wildman–Crippen MR) is 41.2 cm³/mol. The third kappa shape index (κ3) is 1.72. The number of hydrogen-bond donors (Lipinski definition) is 1. The Bertz CT molecular complexity index is 115. The minimum Gasteiger partial charge on any atom is -0.396 e. The van der Waals surface area contributed by atoms with E-state index in [2.05, 4.69) is 0 Å². The number of hydrogen-bond acceptors (Lipinski definition) is 3. The van der Waals surface area contributed by atoms with E-state index in [1.54, 1.807) is 0 Å². The lowest BCUT2D eigenvalue weighted by molar-refractivity contribution is -0.189. The third-order valence-corrected chi connectivity index (χ3v) is 2.32. The van der Waals surface area contributed by atoms with Crippen molar-refractivity contribution in [3.05, 3.63) is 0 Å². The van der Waals surface area contributed by atoms with Crippen molar-refractivity contribution in [1.29, 1.82) is 0 Å². The molecule has 0 radical (unpaired) electrons. The monoisotopic (exact) mass is 160 g/mol. The summed E-state index contributed by atoms with van der Waals surface area (Å²) in [7, 11) is 0. The van der Waals surface area contributed by atoms with Gasteiger partial charge in [0.1, 0.15) is 0 Å². The maximum Gasteiger partial charge on any atom is 0.170 e. The highest BCUT2D eigenvalue weighted by atomic mass is 16.7. The molecule has 3 heteroatoms. The van der Waals surface area contributed by atoms with E-state index in [1.165, 1.54) is 0 Å². The van der Waals surface area contributed by atoms with E-state index in [-0.39, 0.29) is 12.5 Å². The molecule has 0 bridgehead atoms. The first kappa shape index (κ1) is 8.97. The number of aliphatic hydroxyl groups is 1. The van der Waals surface area contributed by atoms with Crippen molar-refractivity contribution in [3.8, 4) is 0 Å². The minimum absolute atomic E-state index is 0.102. The van der Waals surface area contributed by atoms with Gasteiger partial charge >= 0.3 is 0 Å². The summed E-state index contributed by atoms with van der Waals surface area (Å²) in [6, 6.07) is 0. The van der Waals surface area contributed by atoms with E-state index in [9.17, 15) is 0 Å². The Morgan fingerprint density at radius 3 is 2.36 bits per heavy atom. The van der Waals surface area contributed by atoms with Crippen LogP contribution in [0, 0.1) is 5.92 Å². The Labute approximate surface area is 67.3 Å². The smallest absolute Gasteiger partial charge is 0.170 e. The van der Waals surface area contributed by atoms with Crippen LogP contribution < -0.4 is 0 Å². The predicted octanol–water partition coefficient (Wildman–Crippen LogP) is 0.768. The van der Waals surface area contributed by atoms with Gasteiger partial charge in [-0.15, -0.1) is 0 Å². The van der Waals surface area contributed by atoms with Gasteiger partial charge in [-0.05, 0) is 13.3 Å². The van der Waals surface area contributed by atoms with Crippen molar-refractivity contribution in [2.24, 2.45) is 5.92 Å². The van der Waals surface area contributed by atoms with Crippen molar-refractivity contribution in [2.75, 3.05) is 19.8 Å². The summed E-state index contributed by atoms with van der Waals surface area (Å²) >= 11 is 0. The summed E-state index contributed by atoms with van der Waals surface area (Å²) in [5.41, 5.74) is 0. The van der Waals surface area contributed by atoms with E-state index in [0.717, 1.165) is 6.42 Å². The van der Waals surface area contributed by atoms with Gasteiger partial charge in [0.05, 0.1) is 19.8 Å². The molecule has 1 aliphatic rings. The molecule has 0 unspecified atom stereocenters. The topological polar surface area (TPSA) is 38.7 Å². The third-order valence-electron chi connectivity index (χ3n) is 2.32. The summed E-state index contributed by atoms with van der Waals surface area (Å²) in [5, 5.41) is 8.99. The molecule has 11 heavy (non-hydrogen) atoms. The molecule has 1 aliphatic heterocycles. The largest absolute Gasteiger partial charge is 0.396 e. The Morgan fingerprint density at radius 1 is 1.45 bits per heavy atom. The molecular formula is C8H16O3. The zero-order valence-electron chi connectivity index (χ0n) is 7.17. The van der Waals surface area contributed by atoms with E-state index < -0.39 is 5.79 Å². The van der Waals surface area contributed by atoms with Crippen LogP contribution in [0.4, 0.5) is 0 Å². The van der Waals surface area contributed by atoms with E-state index in [4.69, 9.17) is 14.6 Å². The summed E-state index contributed by atoms with van der Waals surface area (Å²) in [6.07, 6.45) is 0.882. The van der Waals surface area contributed by atoms with Gasteiger partial charge in [-0.2, -0.15) is 0 Å². The zero-order valence-corrected chi connectivity index (χ0v) is 7.17. The molecular weight excluding hydrogens is 144 g/mol. The number of aliphatic hydroxyl groups excluding tert-OH is 1. The van der Waals surface area contributed by atoms with Crippen LogP contribution in [0.1, 0.15) is 20.3 Å². The van der Waals surface area contributed by atoms with Crippen LogP contribution in [-0.2, 0) is 9.47 Å². The first-order valence-electron chi connectivity index (χ1n) is 4.11. The lowest BCUT2D eigenvalue weighted by Crippen LogP contribution is -2.37. The van der Waals surface area contributed by atoms with E-state index in [1.807, 2.05) is 13.8 Å². The molecule has 0 aromatic rings. The highest BCUT2D eigenvalue weighted by Gasteiger charge is 2.38. The Hall–Kier alpha value is -0.120. The van der Waals surface area contributed by atoms with Gasteiger partial charge < -0.3 is 14.6 Å². The Kier molecular flexibility index (Phi) is 2.87. The Balaban J connectivity index is 2.53. The highest BCUT2D eigenvalue weighted by molar-refractivity contribution is 4.76. The summed E-state index contributed by atoms with van der Waals surface area (Å²) in [6.45, 7) is 5.34. The zero-order chi connectivity index (χ0) is 8.32. The van der Waals surface area contributed by atoms with Gasteiger partial charge in [-0.3, -0.25) is 0 Å². The van der Waals surface area contributed by atoms with Gasteiger partial charge in [0, 0.05) is 5.92 Å². The second-order valence-corrected chi connectivity index (χ2v) is 3.00. The lowest BCUT2D eigenvalue weighted by atomic mass is 9.98. The molecule has 3 nitrogen and oxygen atoms in total. The molecule has 1 saturated heterocycles. The van der Waals surface area contributed by atoms with Crippen molar-refractivity contribution < 1.29 is 14.6 Å². The molecule has 0 aromatic carbocycles. The molecule has 0 aliphatic carbocycles. The molecule has 0 amide bonds. The van der Waals surface area contributed by atoms with Crippen molar-refractivity contribution in [2.45, 2.75) is 26.1 Å². The average molecular weight is 160 g/mol. The fraction of sp³-hybridized carbons (Fsp3) is 1.00. The molecule has 1 heterocycles. The molecule has 66 valence electrons. The highest BCUT2D eigenvalue weighted by Crippen LogP contribution is 2.29. The average Bonchev–Trinajstić information content (AvgIpc) is 2.39. The van der Waals surface area contributed by atoms with Gasteiger partial charge in [0.15, 0.2) is 5.79 Å². The normalized spacial score (nSPS) is 25.4. The van der Waals surface area contributed by atoms with Gasteiger partial charge in [0.25, 0.3) is 0 Å². The van der Waals surface area contributed by atoms with Crippen LogP contribution in [-0.4, -0.2) is 30.7 Å². The van der Waals surface area contributed by atoms with Crippen molar-refractivity contribution >= 4 is 0 Å². The summed E-state index contributed by atoms with van der Waals surface area (Å²) < 4.78 is 10.8. The molecule has 1 atom stereocenters. The molecule has 0 saturated carbocycles. The molecule has 0 spiro atoms. The minimum atomic E-state index is -0.538. The SMILES string of the molecule is CC[C@H](CO)C1(C)OCCO1. The maximum absolute atomic E-state index is 8.99. The van der Waals surface area contributed by atoms with Crippen LogP contribution in [0.2, 0.25) is 0 Å². The molecule has 1 N–H and O–H groups in total. The first-order chi connectivity index (χ1) is 5.23. The van der Waals surface area contributed by atoms with Crippen molar-refractivity contribution in [3.63, 3.8) is 0 Å². The maximum atomic E-state index is 8.99. The summed E-state index contributed by atoms with van der Waals surface area (Å²) in [5.74, 6) is -0.436. The van der Waals surface area contributed by atoms with Crippen LogP contribution in [0.3, 0.4) is 0 Å². The molecule has 1 rings (SSSR count). The first-order valence-corrected chi connectivity index (χ1v) is 4.11. The fourth-order valence-corrected chi connectivity index (χ4v) is 1.43. The molecule has 0 aromatic heterocycles. The lowest BCUT2D eigenvalue weighted by Gasteiger charge is -2.29. The van der Waals surface area contributed by atoms with Crippen LogP contribution in [0.15, 0.2) is 0 Å². The standard InChI is InChI=1S/C8H16O3/c1-3-7(6-9)8(2)10-4-5-11-8/h7,9H,3-6H2,1-2H3/t7-/m1/s1. The van der Waals surface area contributed by atoms with Crippen molar-refractivity contribution in [1.82, 2.24) is 0 Å². The fourth-order valence-electron chi connectivity index (χ4n) is 1.43. The second-order valence-electron chi connectivity index (χ2n) is 3.00. The van der Waals surface area contributed by atoms with Crippen LogP contribution in [0.5, 0.6) is 0 Å². The van der Waals surface area contributed by atoms with Crippen LogP contribution >= 0.6 is 0 Å². The van der Waals surface area contributed by atoms with Gasteiger partial charge in [-0.1, -0.05) is 6.92 Å². The van der Waals surface area contributed by atoms with E-state index in [0.29, 0.717) is 13.2 Å². The second kappa shape index (κ2) is 3.52. The van der Waals surface area contributed by atoms with Gasteiger partial charge in [-0.25, -0.2) is 0 Å². The number of ether oxygens (including phenoxy) is 2. The molecule has 1 fully saturated rings. The Morgan fingerprint density at radius 2 is 2.00 bits per heavy atom. The van der Waals surface area contributed by atoms with E-state index >= 15 is 0 Å². The quantitative estimate of drug-likeness (QED) is 0.662. The summed E-state index contributed by atoms with van der Waals surface area (Å²) in [4.78, 5) is 0.